The molecule has 2 amide bonds. The smallest absolute Gasteiger partial charge is 0.307 e. The number of amides is 2. The minimum absolute atomic E-state index is 0.00433. The van der Waals surface area contributed by atoms with Gasteiger partial charge in [-0.1, -0.05) is 39.7 Å². The van der Waals surface area contributed by atoms with Gasteiger partial charge in [0.05, 0.1) is 16.3 Å². The van der Waals surface area contributed by atoms with Crippen LogP contribution in [0.15, 0.2) is 22.7 Å². The summed E-state index contributed by atoms with van der Waals surface area (Å²) in [6, 6.07) is 5.68. The second-order valence-electron chi connectivity index (χ2n) is 8.06. The Hall–Kier alpha value is -2.09. The Morgan fingerprint density at radius 2 is 1.79 bits per heavy atom. The van der Waals surface area contributed by atoms with Crippen molar-refractivity contribution in [3.05, 3.63) is 28.2 Å². The van der Waals surface area contributed by atoms with E-state index in [2.05, 4.69) is 47.6 Å². The highest BCUT2D eigenvalue weighted by atomic mass is 79.9. The molecule has 0 aliphatic heterocycles. The number of benzene rings is 1. The largest absolute Gasteiger partial charge is 0.483 e. The standard InChI is InChI=1S/C20H27BrN2O5/c1-20(2,3)12-8-9-16(15(21)10-12)28-11-17(24)22-23-18(25)13-6-4-5-7-14(13)19(26)27/h8-10,13-14H,4-7,11H2,1-3H3,(H,22,24)(H,23,25)(H,26,27). The zero-order chi connectivity index (χ0) is 20.9. The summed E-state index contributed by atoms with van der Waals surface area (Å²) < 4.78 is 6.24. The Bertz CT molecular complexity index is 745. The molecule has 2 atom stereocenters. The molecule has 1 aliphatic carbocycles. The molecule has 8 heteroatoms. The third-order valence-electron chi connectivity index (χ3n) is 4.90. The maximum atomic E-state index is 12.2. The van der Waals surface area contributed by atoms with Crippen LogP contribution in [0.2, 0.25) is 0 Å². The van der Waals surface area contributed by atoms with Gasteiger partial charge in [0.1, 0.15) is 5.75 Å². The topological polar surface area (TPSA) is 105 Å². The summed E-state index contributed by atoms with van der Waals surface area (Å²) in [6.45, 7) is 6.03. The molecule has 3 N–H and O–H groups in total. The van der Waals surface area contributed by atoms with Gasteiger partial charge in [-0.2, -0.15) is 0 Å². The lowest BCUT2D eigenvalue weighted by Gasteiger charge is -2.27. The van der Waals surface area contributed by atoms with Crippen LogP contribution in [-0.2, 0) is 19.8 Å². The van der Waals surface area contributed by atoms with Crippen molar-refractivity contribution in [2.75, 3.05) is 6.61 Å². The number of rotatable bonds is 5. The number of carbonyl (C=O) groups excluding carboxylic acids is 2. The summed E-state index contributed by atoms with van der Waals surface area (Å²) in [7, 11) is 0. The Morgan fingerprint density at radius 3 is 2.36 bits per heavy atom. The monoisotopic (exact) mass is 454 g/mol. The average Bonchev–Trinajstić information content (AvgIpc) is 2.64. The minimum Gasteiger partial charge on any atom is -0.483 e. The van der Waals surface area contributed by atoms with Crippen LogP contribution in [0.5, 0.6) is 5.75 Å². The number of halogens is 1. The molecule has 0 spiro atoms. The van der Waals surface area contributed by atoms with Gasteiger partial charge in [0.15, 0.2) is 6.61 Å². The SMILES string of the molecule is CC(C)(C)c1ccc(OCC(=O)NNC(=O)C2CCCCC2C(=O)O)c(Br)c1. The number of nitrogens with one attached hydrogen (secondary N) is 2. The summed E-state index contributed by atoms with van der Waals surface area (Å²) in [5.74, 6) is -2.80. The fourth-order valence-corrected chi connectivity index (χ4v) is 3.72. The molecule has 0 bridgehead atoms. The number of ether oxygens (including phenoxy) is 1. The van der Waals surface area contributed by atoms with E-state index in [-0.39, 0.29) is 12.0 Å². The molecule has 154 valence electrons. The zero-order valence-electron chi connectivity index (χ0n) is 16.4. The van der Waals surface area contributed by atoms with Crippen LogP contribution in [0, 0.1) is 11.8 Å². The fraction of sp³-hybridized carbons (Fsp3) is 0.550. The first kappa shape index (κ1) is 22.2. The molecule has 0 saturated heterocycles. The Kier molecular flexibility index (Phi) is 7.46. The lowest BCUT2D eigenvalue weighted by molar-refractivity contribution is -0.149. The van der Waals surface area contributed by atoms with Crippen LogP contribution >= 0.6 is 15.9 Å². The van der Waals surface area contributed by atoms with E-state index in [0.717, 1.165) is 22.9 Å². The number of carboxylic acid groups (broad SMARTS) is 1. The lowest BCUT2D eigenvalue weighted by Crippen LogP contribution is -2.49. The van der Waals surface area contributed by atoms with Crippen LogP contribution in [0.1, 0.15) is 52.0 Å². The number of aliphatic carboxylic acids is 1. The van der Waals surface area contributed by atoms with Crippen molar-refractivity contribution in [1.82, 2.24) is 10.9 Å². The first-order valence-corrected chi connectivity index (χ1v) is 10.1. The molecule has 7 nitrogen and oxygen atoms in total. The summed E-state index contributed by atoms with van der Waals surface area (Å²) in [4.78, 5) is 35.5. The summed E-state index contributed by atoms with van der Waals surface area (Å²) in [5.41, 5.74) is 5.74. The molecule has 1 aromatic rings. The van der Waals surface area contributed by atoms with Crippen molar-refractivity contribution in [3.8, 4) is 5.75 Å². The summed E-state index contributed by atoms with van der Waals surface area (Å²) in [5, 5.41) is 9.25. The number of carbonyl (C=O) groups is 3. The Balaban J connectivity index is 1.84. The number of hydrogen-bond donors (Lipinski definition) is 3. The Labute approximate surface area is 173 Å². The van der Waals surface area contributed by atoms with Crippen LogP contribution in [-0.4, -0.2) is 29.5 Å². The molecule has 1 aliphatic rings. The van der Waals surface area contributed by atoms with E-state index in [4.69, 9.17) is 4.74 Å². The van der Waals surface area contributed by atoms with Gasteiger partial charge in [0.2, 0.25) is 5.91 Å². The van der Waals surface area contributed by atoms with Crippen LogP contribution in [0.25, 0.3) is 0 Å². The summed E-state index contributed by atoms with van der Waals surface area (Å²) >= 11 is 3.44. The van der Waals surface area contributed by atoms with Crippen molar-refractivity contribution in [2.45, 2.75) is 51.9 Å². The fourth-order valence-electron chi connectivity index (χ4n) is 3.23. The molecule has 2 rings (SSSR count). The van der Waals surface area contributed by atoms with Gasteiger partial charge in [-0.25, -0.2) is 0 Å². The highest BCUT2D eigenvalue weighted by Crippen LogP contribution is 2.32. The molecular weight excluding hydrogens is 428 g/mol. The van der Waals surface area contributed by atoms with E-state index in [1.54, 1.807) is 6.07 Å². The molecule has 1 saturated carbocycles. The maximum Gasteiger partial charge on any atom is 0.307 e. The minimum atomic E-state index is -0.974. The van der Waals surface area contributed by atoms with E-state index in [1.165, 1.54) is 0 Å². The van der Waals surface area contributed by atoms with E-state index in [1.807, 2.05) is 12.1 Å². The van der Waals surface area contributed by atoms with E-state index in [0.29, 0.717) is 18.6 Å². The number of hydrogen-bond acceptors (Lipinski definition) is 4. The highest BCUT2D eigenvalue weighted by Gasteiger charge is 2.35. The van der Waals surface area contributed by atoms with Gasteiger partial charge in [-0.05, 0) is 51.9 Å². The van der Waals surface area contributed by atoms with Crippen LogP contribution in [0.4, 0.5) is 0 Å². The normalized spacial score (nSPS) is 19.6. The second kappa shape index (κ2) is 9.41. The van der Waals surface area contributed by atoms with Crippen molar-refractivity contribution in [3.63, 3.8) is 0 Å². The molecule has 1 fully saturated rings. The van der Waals surface area contributed by atoms with Gasteiger partial charge in [-0.15, -0.1) is 0 Å². The van der Waals surface area contributed by atoms with E-state index in [9.17, 15) is 19.5 Å². The van der Waals surface area contributed by atoms with Gasteiger partial charge < -0.3 is 9.84 Å². The zero-order valence-corrected chi connectivity index (χ0v) is 18.0. The first-order valence-electron chi connectivity index (χ1n) is 9.34. The molecule has 1 aromatic carbocycles. The van der Waals surface area contributed by atoms with Crippen molar-refractivity contribution >= 4 is 33.7 Å². The van der Waals surface area contributed by atoms with Crippen molar-refractivity contribution in [1.29, 1.82) is 0 Å². The average molecular weight is 455 g/mol. The highest BCUT2D eigenvalue weighted by molar-refractivity contribution is 9.10. The number of hydrazine groups is 1. The summed E-state index contributed by atoms with van der Waals surface area (Å²) in [6.07, 6.45) is 2.58. The molecule has 0 radical (unpaired) electrons. The lowest BCUT2D eigenvalue weighted by atomic mass is 9.79. The molecule has 2 unspecified atom stereocenters. The Morgan fingerprint density at radius 1 is 1.14 bits per heavy atom. The predicted molar refractivity (Wildman–Crippen MR) is 108 cm³/mol. The van der Waals surface area contributed by atoms with Crippen molar-refractivity contribution in [2.24, 2.45) is 11.8 Å². The van der Waals surface area contributed by atoms with Gasteiger partial charge >= 0.3 is 5.97 Å². The predicted octanol–water partition coefficient (Wildman–Crippen LogP) is 3.16. The van der Waals surface area contributed by atoms with Crippen LogP contribution < -0.4 is 15.6 Å². The third-order valence-corrected chi connectivity index (χ3v) is 5.52. The van der Waals surface area contributed by atoms with E-state index >= 15 is 0 Å². The quantitative estimate of drug-likeness (QED) is 0.592. The molecule has 0 aromatic heterocycles. The third kappa shape index (κ3) is 5.95. The van der Waals surface area contributed by atoms with E-state index < -0.39 is 29.6 Å². The van der Waals surface area contributed by atoms with Crippen molar-refractivity contribution < 1.29 is 24.2 Å². The molecular formula is C20H27BrN2O5. The second-order valence-corrected chi connectivity index (χ2v) is 8.91. The number of carboxylic acids is 1. The van der Waals surface area contributed by atoms with Crippen LogP contribution in [0.3, 0.4) is 0 Å². The molecule has 0 heterocycles. The molecule has 28 heavy (non-hydrogen) atoms. The van der Waals surface area contributed by atoms with Gasteiger partial charge in [-0.3, -0.25) is 25.2 Å². The van der Waals surface area contributed by atoms with Gasteiger partial charge in [0.25, 0.3) is 5.91 Å². The van der Waals surface area contributed by atoms with Gasteiger partial charge in [0, 0.05) is 0 Å². The first-order chi connectivity index (χ1) is 13.1. The maximum absolute atomic E-state index is 12.2.